The second-order valence-corrected chi connectivity index (χ2v) is 9.69. The lowest BCUT2D eigenvalue weighted by Crippen LogP contribution is -2.67. The molecule has 2 unspecified atom stereocenters. The molecule has 0 spiro atoms. The number of rotatable bonds is 5. The van der Waals surface area contributed by atoms with E-state index in [4.69, 9.17) is 0 Å². The van der Waals surface area contributed by atoms with Gasteiger partial charge in [-0.15, -0.1) is 0 Å². The minimum absolute atomic E-state index is 0.0530. The molecule has 2 atom stereocenters. The van der Waals surface area contributed by atoms with Crippen LogP contribution in [-0.4, -0.2) is 44.9 Å². The quantitative estimate of drug-likeness (QED) is 0.720. The number of carbonyl (C=O) groups excluding carboxylic acids is 1. The van der Waals surface area contributed by atoms with Crippen LogP contribution in [0.25, 0.3) is 0 Å². The molecule has 5 aliphatic rings. The maximum atomic E-state index is 12.3. The Balaban J connectivity index is 1.33. The summed E-state index contributed by atoms with van der Waals surface area (Å²) >= 11 is 3.40. The van der Waals surface area contributed by atoms with E-state index in [2.05, 4.69) is 43.1 Å². The lowest BCUT2D eigenvalue weighted by atomic mass is 9.50. The molecule has 2 heterocycles. The minimum Gasteiger partial charge on any atom is -0.349 e. The fourth-order valence-corrected chi connectivity index (χ4v) is 6.20. The highest BCUT2D eigenvalue weighted by Crippen LogP contribution is 2.58. The number of nitrogens with one attached hydrogen (secondary N) is 2. The molecule has 4 aliphatic carbocycles. The predicted molar refractivity (Wildman–Crippen MR) is 102 cm³/mol. The van der Waals surface area contributed by atoms with Crippen LogP contribution in [0.3, 0.4) is 0 Å². The third kappa shape index (κ3) is 2.95. The number of halogens is 1. The highest BCUT2D eigenvalue weighted by Gasteiger charge is 2.58. The summed E-state index contributed by atoms with van der Waals surface area (Å²) in [4.78, 5) is 22.9. The van der Waals surface area contributed by atoms with E-state index >= 15 is 0 Å². The fourth-order valence-electron chi connectivity index (χ4n) is 6.00. The van der Waals surface area contributed by atoms with Crippen molar-refractivity contribution in [2.75, 3.05) is 18.4 Å². The van der Waals surface area contributed by atoms with Crippen LogP contribution in [-0.2, 0) is 4.79 Å². The van der Waals surface area contributed by atoms with Crippen molar-refractivity contribution >= 4 is 27.8 Å². The minimum atomic E-state index is 0.0530. The summed E-state index contributed by atoms with van der Waals surface area (Å²) in [5.74, 6) is 2.31. The van der Waals surface area contributed by atoms with Crippen molar-refractivity contribution in [1.82, 2.24) is 20.2 Å². The molecule has 4 bridgehead atoms. The number of carbonyl (C=O) groups is 1. The number of aromatic nitrogens is 2. The molecule has 4 saturated carbocycles. The molecule has 1 aromatic rings. The topological polar surface area (TPSA) is 69.9 Å². The van der Waals surface area contributed by atoms with Crippen LogP contribution >= 0.6 is 15.9 Å². The Kier molecular flexibility index (Phi) is 3.70. The van der Waals surface area contributed by atoms with E-state index in [9.17, 15) is 4.79 Å². The third-order valence-electron chi connectivity index (χ3n) is 6.59. The summed E-state index contributed by atoms with van der Waals surface area (Å²) in [6.45, 7) is 5.01. The van der Waals surface area contributed by atoms with Crippen molar-refractivity contribution in [1.29, 1.82) is 0 Å². The summed E-state index contributed by atoms with van der Waals surface area (Å²) in [5.41, 5.74) is 1.06. The molecule has 1 aliphatic heterocycles. The molecule has 6 nitrogen and oxygen atoms in total. The monoisotopic (exact) mass is 417 g/mol. The number of hydrogen-bond acceptors (Lipinski definition) is 5. The van der Waals surface area contributed by atoms with Gasteiger partial charge in [0.1, 0.15) is 0 Å². The molecule has 1 aromatic heterocycles. The standard InChI is InChI=1S/C19H24BrN5O/c1-12-10-25(12)16(26)9-23-18-3-13-2-14(4-18)6-19(5-13,11-18)24-17-21-7-15(20)8-22-17/h7-8,13-14,23H,1-6,9-11H2,(H,21,22,24). The third-order valence-corrected chi connectivity index (χ3v) is 7.00. The van der Waals surface area contributed by atoms with Gasteiger partial charge in [0, 0.05) is 29.2 Å². The van der Waals surface area contributed by atoms with Gasteiger partial charge in [-0.05, 0) is 66.3 Å². The summed E-state index contributed by atoms with van der Waals surface area (Å²) in [6.07, 6.45) is 10.7. The lowest BCUT2D eigenvalue weighted by molar-refractivity contribution is -0.125. The van der Waals surface area contributed by atoms with Gasteiger partial charge in [0.2, 0.25) is 11.9 Å². The maximum Gasteiger partial charge on any atom is 0.241 e. The van der Waals surface area contributed by atoms with Crippen molar-refractivity contribution < 1.29 is 4.79 Å². The number of hydrogen-bond donors (Lipinski definition) is 2. The Bertz CT molecular complexity index is 750. The number of amides is 1. The van der Waals surface area contributed by atoms with Crippen LogP contribution in [0.1, 0.15) is 38.5 Å². The molecule has 0 radical (unpaired) electrons. The molecule has 7 heteroatoms. The zero-order valence-corrected chi connectivity index (χ0v) is 16.4. The Morgan fingerprint density at radius 1 is 1.23 bits per heavy atom. The van der Waals surface area contributed by atoms with Gasteiger partial charge in [0.05, 0.1) is 17.6 Å². The smallest absolute Gasteiger partial charge is 0.241 e. The lowest BCUT2D eigenvalue weighted by Gasteiger charge is -2.62. The molecule has 26 heavy (non-hydrogen) atoms. The van der Waals surface area contributed by atoms with Gasteiger partial charge in [0.15, 0.2) is 0 Å². The highest BCUT2D eigenvalue weighted by atomic mass is 79.9. The first-order valence-electron chi connectivity index (χ1n) is 9.43. The van der Waals surface area contributed by atoms with Gasteiger partial charge in [-0.1, -0.05) is 6.58 Å². The molecule has 6 rings (SSSR count). The van der Waals surface area contributed by atoms with Crippen LogP contribution in [0.2, 0.25) is 0 Å². The molecule has 0 aromatic carbocycles. The average Bonchev–Trinajstić information content (AvgIpc) is 3.30. The first kappa shape index (κ1) is 16.7. The second kappa shape index (κ2) is 5.76. The molecule has 1 amide bonds. The molecule has 1 saturated heterocycles. The van der Waals surface area contributed by atoms with Crippen molar-refractivity contribution in [3.05, 3.63) is 29.1 Å². The Hall–Kier alpha value is -1.47. The van der Waals surface area contributed by atoms with Crippen LogP contribution in [0.4, 0.5) is 5.95 Å². The van der Waals surface area contributed by atoms with E-state index in [0.717, 1.165) is 35.0 Å². The second-order valence-electron chi connectivity index (χ2n) is 8.77. The highest BCUT2D eigenvalue weighted by molar-refractivity contribution is 9.10. The van der Waals surface area contributed by atoms with E-state index in [1.54, 1.807) is 17.3 Å². The van der Waals surface area contributed by atoms with Gasteiger partial charge in [-0.3, -0.25) is 4.79 Å². The molecule has 5 fully saturated rings. The fraction of sp³-hybridized carbons (Fsp3) is 0.632. The van der Waals surface area contributed by atoms with E-state index < -0.39 is 0 Å². The maximum absolute atomic E-state index is 12.3. The number of nitrogens with zero attached hydrogens (tertiary/aromatic N) is 3. The Morgan fingerprint density at radius 3 is 2.46 bits per heavy atom. The molecular formula is C19H24BrN5O. The zero-order chi connectivity index (χ0) is 17.9. The summed E-state index contributed by atoms with van der Waals surface area (Å²) in [6, 6.07) is 0. The van der Waals surface area contributed by atoms with Gasteiger partial charge < -0.3 is 15.5 Å². The molecular weight excluding hydrogens is 394 g/mol. The van der Waals surface area contributed by atoms with Gasteiger partial charge in [-0.2, -0.15) is 0 Å². The zero-order valence-electron chi connectivity index (χ0n) is 14.8. The van der Waals surface area contributed by atoms with Crippen molar-refractivity contribution in [2.24, 2.45) is 11.8 Å². The predicted octanol–water partition coefficient (Wildman–Crippen LogP) is 2.69. The van der Waals surface area contributed by atoms with Crippen LogP contribution in [0.15, 0.2) is 29.1 Å². The molecule has 138 valence electrons. The number of anilines is 1. The first-order valence-corrected chi connectivity index (χ1v) is 10.2. The van der Waals surface area contributed by atoms with Crippen LogP contribution in [0, 0.1) is 11.8 Å². The van der Waals surface area contributed by atoms with Crippen molar-refractivity contribution in [3.63, 3.8) is 0 Å². The van der Waals surface area contributed by atoms with Gasteiger partial charge >= 0.3 is 0 Å². The van der Waals surface area contributed by atoms with Gasteiger partial charge in [-0.25, -0.2) is 9.97 Å². The van der Waals surface area contributed by atoms with E-state index in [1.165, 1.54) is 32.1 Å². The summed E-state index contributed by atoms with van der Waals surface area (Å²) in [5, 5.41) is 7.34. The average molecular weight is 418 g/mol. The SMILES string of the molecule is C=C1CN1C(=O)CNC12CC3CC(C1)CC(Nc1ncc(Br)cn1)(C3)C2. The molecule has 2 N–H and O–H groups in total. The van der Waals surface area contributed by atoms with Crippen molar-refractivity contribution in [2.45, 2.75) is 49.6 Å². The van der Waals surface area contributed by atoms with E-state index in [-0.39, 0.29) is 17.0 Å². The largest absolute Gasteiger partial charge is 0.349 e. The Morgan fingerprint density at radius 2 is 1.85 bits per heavy atom. The van der Waals surface area contributed by atoms with E-state index in [1.807, 2.05) is 0 Å². The van der Waals surface area contributed by atoms with Crippen molar-refractivity contribution in [3.8, 4) is 0 Å². The Labute approximate surface area is 162 Å². The van der Waals surface area contributed by atoms with E-state index in [0.29, 0.717) is 12.5 Å². The van der Waals surface area contributed by atoms with Gasteiger partial charge in [0.25, 0.3) is 0 Å². The first-order chi connectivity index (χ1) is 12.4. The normalized spacial score (nSPS) is 37.1. The summed E-state index contributed by atoms with van der Waals surface area (Å²) < 4.78 is 0.891. The van der Waals surface area contributed by atoms with Crippen LogP contribution < -0.4 is 10.6 Å². The van der Waals surface area contributed by atoms with Crippen LogP contribution in [0.5, 0.6) is 0 Å². The summed E-state index contributed by atoms with van der Waals surface area (Å²) in [7, 11) is 0.